The quantitative estimate of drug-likeness (QED) is 0.771. The summed E-state index contributed by atoms with van der Waals surface area (Å²) in [4.78, 5) is 11.7. The first kappa shape index (κ1) is 11.6. The summed E-state index contributed by atoms with van der Waals surface area (Å²) in [5.74, 6) is -0.388. The molecule has 2 rings (SSSR count). The lowest BCUT2D eigenvalue weighted by Crippen LogP contribution is -2.23. The summed E-state index contributed by atoms with van der Waals surface area (Å²) in [5, 5.41) is 12.3. The minimum absolute atomic E-state index is 0.0262. The zero-order chi connectivity index (χ0) is 12.3. The lowest BCUT2D eigenvalue weighted by molar-refractivity contribution is -0.145. The van der Waals surface area contributed by atoms with E-state index in [1.807, 2.05) is 18.2 Å². The number of nitriles is 1. The van der Waals surface area contributed by atoms with Crippen molar-refractivity contribution in [2.45, 2.75) is 5.92 Å². The molecule has 17 heavy (non-hydrogen) atoms. The van der Waals surface area contributed by atoms with Crippen LogP contribution in [0.4, 0.5) is 0 Å². The maximum Gasteiger partial charge on any atom is 0.310 e. The van der Waals surface area contributed by atoms with Gasteiger partial charge in [-0.3, -0.25) is 4.79 Å². The van der Waals surface area contributed by atoms with Gasteiger partial charge in [0, 0.05) is 19.0 Å². The Balaban J connectivity index is 2.33. The Morgan fingerprint density at radius 2 is 2.24 bits per heavy atom. The molecule has 1 saturated heterocycles. The van der Waals surface area contributed by atoms with Gasteiger partial charge in [-0.2, -0.15) is 5.26 Å². The van der Waals surface area contributed by atoms with Crippen LogP contribution in [0.1, 0.15) is 17.0 Å². The van der Waals surface area contributed by atoms with Gasteiger partial charge in [-0.05, 0) is 11.6 Å². The average Bonchev–Trinajstić information content (AvgIpc) is 2.86. The molecule has 0 radical (unpaired) electrons. The number of hydrogen-bond acceptors (Lipinski definition) is 4. The largest absolute Gasteiger partial charge is 0.469 e. The van der Waals surface area contributed by atoms with Gasteiger partial charge >= 0.3 is 5.97 Å². The van der Waals surface area contributed by atoms with E-state index in [4.69, 9.17) is 10.00 Å². The van der Waals surface area contributed by atoms with Crippen molar-refractivity contribution in [3.05, 3.63) is 35.4 Å². The molecule has 0 amide bonds. The fourth-order valence-electron chi connectivity index (χ4n) is 2.33. The summed E-state index contributed by atoms with van der Waals surface area (Å²) in [6.07, 6.45) is 0. The van der Waals surface area contributed by atoms with Crippen LogP contribution in [0.15, 0.2) is 24.3 Å². The number of methoxy groups -OCH3 is 1. The van der Waals surface area contributed by atoms with E-state index in [2.05, 4.69) is 11.4 Å². The SMILES string of the molecule is COC(=O)C1CNCC1c1ccccc1C#N. The van der Waals surface area contributed by atoms with E-state index in [-0.39, 0.29) is 17.8 Å². The van der Waals surface area contributed by atoms with Crippen LogP contribution in [-0.2, 0) is 9.53 Å². The highest BCUT2D eigenvalue weighted by Crippen LogP contribution is 2.30. The molecule has 0 bridgehead atoms. The maximum absolute atomic E-state index is 11.7. The standard InChI is InChI=1S/C13H14N2O2/c1-17-13(16)12-8-15-7-11(12)10-5-3-2-4-9(10)6-14/h2-5,11-12,15H,7-8H2,1H3. The summed E-state index contributed by atoms with van der Waals surface area (Å²) in [6, 6.07) is 9.58. The van der Waals surface area contributed by atoms with Gasteiger partial charge in [0.05, 0.1) is 24.7 Å². The van der Waals surface area contributed by atoms with E-state index in [0.717, 1.165) is 5.56 Å². The fraction of sp³-hybridized carbons (Fsp3) is 0.385. The predicted molar refractivity (Wildman–Crippen MR) is 62.3 cm³/mol. The van der Waals surface area contributed by atoms with Crippen molar-refractivity contribution in [1.82, 2.24) is 5.32 Å². The third-order valence-corrected chi connectivity index (χ3v) is 3.20. The van der Waals surface area contributed by atoms with Crippen molar-refractivity contribution in [1.29, 1.82) is 5.26 Å². The second kappa shape index (κ2) is 4.98. The topological polar surface area (TPSA) is 62.1 Å². The highest BCUT2D eigenvalue weighted by atomic mass is 16.5. The number of nitrogens with zero attached hydrogens (tertiary/aromatic N) is 1. The van der Waals surface area contributed by atoms with Crippen LogP contribution in [0, 0.1) is 17.2 Å². The molecule has 1 aliphatic rings. The third kappa shape index (κ3) is 2.15. The Morgan fingerprint density at radius 1 is 1.47 bits per heavy atom. The lowest BCUT2D eigenvalue weighted by atomic mass is 9.86. The fourth-order valence-corrected chi connectivity index (χ4v) is 2.33. The van der Waals surface area contributed by atoms with Gasteiger partial charge < -0.3 is 10.1 Å². The maximum atomic E-state index is 11.7. The van der Waals surface area contributed by atoms with E-state index in [1.54, 1.807) is 6.07 Å². The van der Waals surface area contributed by atoms with Gasteiger partial charge in [0.15, 0.2) is 0 Å². The summed E-state index contributed by atoms with van der Waals surface area (Å²) < 4.78 is 4.80. The zero-order valence-corrected chi connectivity index (χ0v) is 9.64. The molecular weight excluding hydrogens is 216 g/mol. The van der Waals surface area contributed by atoms with Gasteiger partial charge in [-0.25, -0.2) is 0 Å². The van der Waals surface area contributed by atoms with Gasteiger partial charge in [0.25, 0.3) is 0 Å². The normalized spacial score (nSPS) is 23.1. The Bertz CT molecular complexity index is 465. The molecule has 0 aliphatic carbocycles. The molecule has 1 fully saturated rings. The average molecular weight is 230 g/mol. The van der Waals surface area contributed by atoms with Gasteiger partial charge in [-0.1, -0.05) is 18.2 Å². The van der Waals surface area contributed by atoms with Crippen LogP contribution in [-0.4, -0.2) is 26.2 Å². The number of ether oxygens (including phenoxy) is 1. The van der Waals surface area contributed by atoms with Crippen LogP contribution in [0.5, 0.6) is 0 Å². The molecule has 1 aromatic rings. The molecule has 4 nitrogen and oxygen atoms in total. The molecule has 4 heteroatoms. The van der Waals surface area contributed by atoms with Gasteiger partial charge in [-0.15, -0.1) is 0 Å². The van der Waals surface area contributed by atoms with Crippen molar-refractivity contribution in [2.75, 3.05) is 20.2 Å². The molecule has 0 saturated carbocycles. The van der Waals surface area contributed by atoms with Crippen LogP contribution in [0.2, 0.25) is 0 Å². The number of nitrogens with one attached hydrogen (secondary N) is 1. The van der Waals surface area contributed by atoms with Gasteiger partial charge in [0.1, 0.15) is 0 Å². The Kier molecular flexibility index (Phi) is 3.40. The van der Waals surface area contributed by atoms with Crippen molar-refractivity contribution in [2.24, 2.45) is 5.92 Å². The summed E-state index contributed by atoms with van der Waals surface area (Å²) in [7, 11) is 1.40. The van der Waals surface area contributed by atoms with E-state index in [1.165, 1.54) is 7.11 Å². The highest BCUT2D eigenvalue weighted by molar-refractivity contribution is 5.74. The van der Waals surface area contributed by atoms with Crippen molar-refractivity contribution in [3.63, 3.8) is 0 Å². The summed E-state index contributed by atoms with van der Waals surface area (Å²) in [6.45, 7) is 1.32. The second-order valence-electron chi connectivity index (χ2n) is 4.09. The van der Waals surface area contributed by atoms with Crippen molar-refractivity contribution in [3.8, 4) is 6.07 Å². The minimum atomic E-state index is -0.215. The van der Waals surface area contributed by atoms with E-state index in [0.29, 0.717) is 18.7 Å². The minimum Gasteiger partial charge on any atom is -0.469 e. The molecule has 1 heterocycles. The molecule has 0 aromatic heterocycles. The molecule has 1 aliphatic heterocycles. The molecule has 1 N–H and O–H groups in total. The molecule has 2 unspecified atom stereocenters. The first-order valence-corrected chi connectivity index (χ1v) is 5.55. The number of carbonyl (C=O) groups excluding carboxylic acids is 1. The number of esters is 1. The van der Waals surface area contributed by atoms with E-state index in [9.17, 15) is 4.79 Å². The first-order valence-electron chi connectivity index (χ1n) is 5.55. The number of benzene rings is 1. The van der Waals surface area contributed by atoms with Crippen LogP contribution in [0.3, 0.4) is 0 Å². The Hall–Kier alpha value is -1.86. The monoisotopic (exact) mass is 230 g/mol. The number of hydrogen-bond donors (Lipinski definition) is 1. The predicted octanol–water partition coefficient (Wildman–Crippen LogP) is 1.03. The lowest BCUT2D eigenvalue weighted by Gasteiger charge is -2.17. The smallest absolute Gasteiger partial charge is 0.310 e. The van der Waals surface area contributed by atoms with Crippen LogP contribution >= 0.6 is 0 Å². The third-order valence-electron chi connectivity index (χ3n) is 3.20. The first-order chi connectivity index (χ1) is 8.27. The number of rotatable bonds is 2. The highest BCUT2D eigenvalue weighted by Gasteiger charge is 2.35. The van der Waals surface area contributed by atoms with Gasteiger partial charge in [0.2, 0.25) is 0 Å². The van der Waals surface area contributed by atoms with Crippen LogP contribution in [0.25, 0.3) is 0 Å². The van der Waals surface area contributed by atoms with E-state index < -0.39 is 0 Å². The molecule has 1 aromatic carbocycles. The Labute approximate surface area is 100 Å². The second-order valence-corrected chi connectivity index (χ2v) is 4.09. The molecule has 0 spiro atoms. The molecular formula is C13H14N2O2. The van der Waals surface area contributed by atoms with Crippen molar-refractivity contribution >= 4 is 5.97 Å². The molecule has 88 valence electrons. The summed E-state index contributed by atoms with van der Waals surface area (Å²) in [5.41, 5.74) is 1.56. The Morgan fingerprint density at radius 3 is 2.94 bits per heavy atom. The van der Waals surface area contributed by atoms with Crippen LogP contribution < -0.4 is 5.32 Å². The van der Waals surface area contributed by atoms with Crippen molar-refractivity contribution < 1.29 is 9.53 Å². The zero-order valence-electron chi connectivity index (χ0n) is 9.64. The molecule has 2 atom stereocenters. The summed E-state index contributed by atoms with van der Waals surface area (Å²) >= 11 is 0. The number of carbonyl (C=O) groups is 1. The van der Waals surface area contributed by atoms with E-state index >= 15 is 0 Å².